The van der Waals surface area contributed by atoms with Crippen LogP contribution in [0.25, 0.3) is 22.4 Å². The number of rotatable bonds is 10. The Labute approximate surface area is 251 Å². The van der Waals surface area contributed by atoms with E-state index in [-0.39, 0.29) is 37.2 Å². The fourth-order valence-corrected chi connectivity index (χ4v) is 5.35. The maximum atomic E-state index is 6.21. The number of benzene rings is 1. The second kappa shape index (κ2) is 15.8. The van der Waals surface area contributed by atoms with Gasteiger partial charge in [0.25, 0.3) is 0 Å². The maximum Gasteiger partial charge on any atom is 0.163 e. The summed E-state index contributed by atoms with van der Waals surface area (Å²) < 4.78 is 17.9. The molecule has 2 aliphatic heterocycles. The summed E-state index contributed by atoms with van der Waals surface area (Å²) in [4.78, 5) is 9.89. The Morgan fingerprint density at radius 2 is 1.74 bits per heavy atom. The van der Waals surface area contributed by atoms with Crippen LogP contribution in [0.3, 0.4) is 0 Å². The van der Waals surface area contributed by atoms with Crippen molar-refractivity contribution in [2.45, 2.75) is 39.0 Å². The molecule has 0 saturated carbocycles. The summed E-state index contributed by atoms with van der Waals surface area (Å²) in [7, 11) is 3.91. The number of pyridine rings is 1. The average molecular weight is 602 g/mol. The molecule has 5 rings (SSSR count). The van der Waals surface area contributed by atoms with E-state index in [2.05, 4.69) is 34.3 Å². The van der Waals surface area contributed by atoms with Crippen LogP contribution in [0.2, 0.25) is 0 Å². The number of nitrogens with one attached hydrogen (secondary N) is 1. The van der Waals surface area contributed by atoms with Crippen molar-refractivity contribution < 1.29 is 13.9 Å². The first-order valence-electron chi connectivity index (χ1n) is 13.5. The summed E-state index contributed by atoms with van der Waals surface area (Å²) in [6, 6.07) is 10.2. The van der Waals surface area contributed by atoms with Crippen LogP contribution >= 0.6 is 37.2 Å². The van der Waals surface area contributed by atoms with Crippen LogP contribution in [0, 0.1) is 12.8 Å². The lowest BCUT2D eigenvalue weighted by molar-refractivity contribution is 0.226. The quantitative estimate of drug-likeness (QED) is 0.260. The number of ether oxygens (including phenoxy) is 2. The number of furan rings is 1. The predicted molar refractivity (Wildman–Crippen MR) is 167 cm³/mol. The minimum atomic E-state index is 0. The maximum absolute atomic E-state index is 6.21. The monoisotopic (exact) mass is 600 g/mol. The molecule has 1 aromatic carbocycles. The zero-order valence-electron chi connectivity index (χ0n) is 23.2. The van der Waals surface area contributed by atoms with Crippen molar-refractivity contribution in [1.29, 1.82) is 0 Å². The zero-order chi connectivity index (χ0) is 24.9. The predicted octanol–water partition coefficient (Wildman–Crippen LogP) is 6.70. The van der Waals surface area contributed by atoms with Crippen molar-refractivity contribution >= 4 is 53.8 Å². The number of anilines is 1. The Morgan fingerprint density at radius 1 is 1.00 bits per heavy atom. The fourth-order valence-electron chi connectivity index (χ4n) is 5.35. The summed E-state index contributed by atoms with van der Waals surface area (Å²) in [6.07, 6.45) is 6.07. The van der Waals surface area contributed by atoms with Crippen molar-refractivity contribution in [2.24, 2.45) is 5.92 Å². The molecule has 2 aliphatic rings. The average Bonchev–Trinajstić information content (AvgIpc) is 3.57. The molecule has 39 heavy (non-hydrogen) atoms. The normalized spacial score (nSPS) is 16.3. The largest absolute Gasteiger partial charge is 0.493 e. The topological polar surface area (TPSA) is 63.0 Å². The number of hydrogen-bond donors (Lipinski definition) is 1. The number of methoxy groups -OCH3 is 1. The third-order valence-corrected chi connectivity index (χ3v) is 7.58. The summed E-state index contributed by atoms with van der Waals surface area (Å²) in [5, 5.41) is 4.78. The molecular weight excluding hydrogens is 559 g/mol. The van der Waals surface area contributed by atoms with Gasteiger partial charge in [-0.1, -0.05) is 0 Å². The highest BCUT2D eigenvalue weighted by atomic mass is 35.5. The molecule has 0 atom stereocenters. The SMILES string of the molecule is COc1cc2c(NCC3CCN(C)CC3)cc(-c3ccc(C)o3)nc2cc1OCCCN1CCCC1.Cl.Cl.Cl. The molecule has 0 radical (unpaired) electrons. The highest BCUT2D eigenvalue weighted by Gasteiger charge is 2.19. The minimum absolute atomic E-state index is 0. The van der Waals surface area contributed by atoms with Gasteiger partial charge < -0.3 is 29.0 Å². The summed E-state index contributed by atoms with van der Waals surface area (Å²) in [5.41, 5.74) is 2.76. The zero-order valence-corrected chi connectivity index (χ0v) is 25.7. The van der Waals surface area contributed by atoms with Crippen LogP contribution in [-0.2, 0) is 0 Å². The molecule has 218 valence electrons. The molecule has 0 spiro atoms. The molecule has 1 N–H and O–H groups in total. The lowest BCUT2D eigenvalue weighted by Crippen LogP contribution is -2.32. The van der Waals surface area contributed by atoms with Gasteiger partial charge in [0, 0.05) is 30.2 Å². The second-order valence-electron chi connectivity index (χ2n) is 10.4. The van der Waals surface area contributed by atoms with Gasteiger partial charge in [-0.05, 0) is 102 Å². The Kier molecular flexibility index (Phi) is 13.5. The minimum Gasteiger partial charge on any atom is -0.493 e. The van der Waals surface area contributed by atoms with Gasteiger partial charge in [-0.2, -0.15) is 0 Å². The van der Waals surface area contributed by atoms with E-state index in [0.717, 1.165) is 77.9 Å². The van der Waals surface area contributed by atoms with Gasteiger partial charge >= 0.3 is 0 Å². The van der Waals surface area contributed by atoms with Crippen LogP contribution in [-0.4, -0.2) is 74.8 Å². The van der Waals surface area contributed by atoms with Crippen molar-refractivity contribution in [2.75, 3.05) is 65.3 Å². The van der Waals surface area contributed by atoms with E-state index in [4.69, 9.17) is 18.9 Å². The van der Waals surface area contributed by atoms with Gasteiger partial charge in [0.2, 0.25) is 0 Å². The summed E-state index contributed by atoms with van der Waals surface area (Å²) in [5.74, 6) is 3.81. The molecule has 2 aromatic heterocycles. The third-order valence-electron chi connectivity index (χ3n) is 7.58. The molecule has 4 heterocycles. The molecule has 0 aliphatic carbocycles. The van der Waals surface area contributed by atoms with E-state index in [9.17, 15) is 0 Å². The molecule has 0 bridgehead atoms. The van der Waals surface area contributed by atoms with E-state index >= 15 is 0 Å². The molecule has 7 nitrogen and oxygen atoms in total. The van der Waals surface area contributed by atoms with Crippen LogP contribution in [0.5, 0.6) is 11.5 Å². The van der Waals surface area contributed by atoms with Crippen LogP contribution in [0.15, 0.2) is 34.7 Å². The number of nitrogens with zero attached hydrogens (tertiary/aromatic N) is 3. The van der Waals surface area contributed by atoms with Crippen molar-refractivity contribution in [3.63, 3.8) is 0 Å². The number of aromatic nitrogens is 1. The second-order valence-corrected chi connectivity index (χ2v) is 10.4. The Morgan fingerprint density at radius 3 is 2.41 bits per heavy atom. The van der Waals surface area contributed by atoms with E-state index < -0.39 is 0 Å². The van der Waals surface area contributed by atoms with E-state index in [0.29, 0.717) is 12.5 Å². The summed E-state index contributed by atoms with van der Waals surface area (Å²) in [6.45, 7) is 9.40. The van der Waals surface area contributed by atoms with Crippen molar-refractivity contribution in [1.82, 2.24) is 14.8 Å². The highest BCUT2D eigenvalue weighted by molar-refractivity contribution is 5.95. The first kappa shape index (κ1) is 33.3. The van der Waals surface area contributed by atoms with Gasteiger partial charge in [-0.15, -0.1) is 37.2 Å². The number of halogens is 3. The first-order chi connectivity index (χ1) is 17.6. The smallest absolute Gasteiger partial charge is 0.163 e. The standard InChI is InChI=1S/C29H40N4O3.3ClH/c1-21-7-8-27(36-21)26-18-24(30-20-22-9-14-32(2)15-10-22)23-17-28(34-3)29(19-25(23)31-26)35-16-6-13-33-11-4-5-12-33;;;/h7-8,17-19,22H,4-6,9-16,20H2,1-3H3,(H,30,31);3*1H. The number of fused-ring (bicyclic) bond motifs is 1. The highest BCUT2D eigenvalue weighted by Crippen LogP contribution is 2.37. The number of aryl methyl sites for hydroxylation is 1. The van der Waals surface area contributed by atoms with E-state index in [1.807, 2.05) is 25.1 Å². The molecule has 0 unspecified atom stereocenters. The van der Waals surface area contributed by atoms with Gasteiger partial charge in [-0.3, -0.25) is 0 Å². The molecule has 0 amide bonds. The molecular formula is C29H43Cl3N4O3. The first-order valence-corrected chi connectivity index (χ1v) is 13.5. The lowest BCUT2D eigenvalue weighted by atomic mass is 9.97. The number of piperidine rings is 1. The lowest BCUT2D eigenvalue weighted by Gasteiger charge is -2.29. The van der Waals surface area contributed by atoms with Gasteiger partial charge in [0.15, 0.2) is 17.3 Å². The van der Waals surface area contributed by atoms with Crippen LogP contribution < -0.4 is 14.8 Å². The van der Waals surface area contributed by atoms with Crippen molar-refractivity contribution in [3.8, 4) is 23.0 Å². The van der Waals surface area contributed by atoms with E-state index in [1.165, 1.54) is 38.8 Å². The Balaban J connectivity index is 0.00000178. The third kappa shape index (κ3) is 8.54. The number of likely N-dealkylation sites (tertiary alicyclic amines) is 2. The fraction of sp³-hybridized carbons (Fsp3) is 0.552. The number of hydrogen-bond acceptors (Lipinski definition) is 7. The Hall–Kier alpha value is -1.90. The molecule has 2 saturated heterocycles. The van der Waals surface area contributed by atoms with Crippen LogP contribution in [0.1, 0.15) is 37.9 Å². The Bertz CT molecular complexity index is 1160. The molecule has 2 fully saturated rings. The molecule has 10 heteroatoms. The van der Waals surface area contributed by atoms with Crippen molar-refractivity contribution in [3.05, 3.63) is 36.1 Å². The van der Waals surface area contributed by atoms with Gasteiger partial charge in [0.1, 0.15) is 11.5 Å². The summed E-state index contributed by atoms with van der Waals surface area (Å²) >= 11 is 0. The van der Waals surface area contributed by atoms with E-state index in [1.54, 1.807) is 7.11 Å². The van der Waals surface area contributed by atoms with Crippen LogP contribution in [0.4, 0.5) is 5.69 Å². The van der Waals surface area contributed by atoms with Gasteiger partial charge in [-0.25, -0.2) is 4.98 Å². The van der Waals surface area contributed by atoms with Gasteiger partial charge in [0.05, 0.1) is 19.2 Å². The molecule has 3 aromatic rings.